The molecule has 1 heterocycles. The van der Waals surface area contributed by atoms with Crippen LogP contribution in [0.3, 0.4) is 0 Å². The summed E-state index contributed by atoms with van der Waals surface area (Å²) >= 11 is 6.91. The number of rotatable bonds is 1. The van der Waals surface area contributed by atoms with Gasteiger partial charge in [0.05, 0.1) is 15.8 Å². The molecule has 102 valence electrons. The molecule has 0 aliphatic rings. The first-order chi connectivity index (χ1) is 9.47. The monoisotopic (exact) mass is 394 g/mol. The summed E-state index contributed by atoms with van der Waals surface area (Å²) in [5.41, 5.74) is 11.4. The van der Waals surface area contributed by atoms with Crippen LogP contribution in [0.4, 0.5) is 5.69 Å². The van der Waals surface area contributed by atoms with Crippen LogP contribution < -0.4 is 5.73 Å². The molecule has 0 saturated carbocycles. The van der Waals surface area contributed by atoms with Crippen molar-refractivity contribution in [3.63, 3.8) is 0 Å². The van der Waals surface area contributed by atoms with Crippen LogP contribution in [0.25, 0.3) is 16.7 Å². The van der Waals surface area contributed by atoms with Crippen LogP contribution in [0.2, 0.25) is 0 Å². The van der Waals surface area contributed by atoms with Crippen LogP contribution in [0.15, 0.2) is 33.2 Å². The summed E-state index contributed by atoms with van der Waals surface area (Å²) in [6.45, 7) is 4.10. The molecule has 0 amide bonds. The third-order valence-electron chi connectivity index (χ3n) is 3.19. The maximum absolute atomic E-state index is 5.98. The van der Waals surface area contributed by atoms with E-state index in [0.29, 0.717) is 5.69 Å². The highest BCUT2D eigenvalue weighted by atomic mass is 79.9. The largest absolute Gasteiger partial charge is 0.397 e. The Bertz CT molecular complexity index is 824. The number of halogens is 2. The SMILES string of the molecule is Cc1ccc(C)c(-n2nc3cc(Br)c(N)c(Br)c3n2)c1. The number of anilines is 1. The van der Waals surface area contributed by atoms with Crippen molar-refractivity contribution in [1.82, 2.24) is 15.0 Å². The highest BCUT2D eigenvalue weighted by Gasteiger charge is 2.14. The van der Waals surface area contributed by atoms with Crippen LogP contribution in [0.1, 0.15) is 11.1 Å². The predicted octanol–water partition coefficient (Wildman–Crippen LogP) is 4.14. The number of aryl methyl sites for hydroxylation is 2. The van der Waals surface area contributed by atoms with E-state index in [1.165, 1.54) is 5.56 Å². The zero-order valence-electron chi connectivity index (χ0n) is 11.0. The molecule has 0 spiro atoms. The van der Waals surface area contributed by atoms with Crippen molar-refractivity contribution in [3.05, 3.63) is 44.3 Å². The molecular weight excluding hydrogens is 384 g/mol. The van der Waals surface area contributed by atoms with E-state index in [1.54, 1.807) is 4.80 Å². The first-order valence-corrected chi connectivity index (χ1v) is 7.64. The van der Waals surface area contributed by atoms with Crippen molar-refractivity contribution in [3.8, 4) is 5.69 Å². The van der Waals surface area contributed by atoms with Gasteiger partial charge in [-0.2, -0.15) is 4.80 Å². The molecule has 6 heteroatoms. The van der Waals surface area contributed by atoms with Gasteiger partial charge >= 0.3 is 0 Å². The fraction of sp³-hybridized carbons (Fsp3) is 0.143. The lowest BCUT2D eigenvalue weighted by Gasteiger charge is -2.04. The van der Waals surface area contributed by atoms with Crippen molar-refractivity contribution < 1.29 is 0 Å². The van der Waals surface area contributed by atoms with Crippen LogP contribution in [-0.4, -0.2) is 15.0 Å². The fourth-order valence-electron chi connectivity index (χ4n) is 2.04. The number of fused-ring (bicyclic) bond motifs is 1. The molecule has 3 rings (SSSR count). The van der Waals surface area contributed by atoms with E-state index < -0.39 is 0 Å². The lowest BCUT2D eigenvalue weighted by molar-refractivity contribution is 0.759. The Labute approximate surface area is 133 Å². The Morgan fingerprint density at radius 3 is 2.60 bits per heavy atom. The Hall–Kier alpha value is -1.40. The molecule has 0 saturated heterocycles. The van der Waals surface area contributed by atoms with Gasteiger partial charge in [0.15, 0.2) is 0 Å². The van der Waals surface area contributed by atoms with Crippen molar-refractivity contribution in [2.24, 2.45) is 0 Å². The molecule has 2 N–H and O–H groups in total. The van der Waals surface area contributed by atoms with Gasteiger partial charge in [0.25, 0.3) is 0 Å². The average molecular weight is 396 g/mol. The van der Waals surface area contributed by atoms with Crippen molar-refractivity contribution in [1.29, 1.82) is 0 Å². The molecule has 0 fully saturated rings. The second-order valence-electron chi connectivity index (χ2n) is 4.73. The zero-order chi connectivity index (χ0) is 14.4. The van der Waals surface area contributed by atoms with Crippen molar-refractivity contribution in [2.45, 2.75) is 13.8 Å². The van der Waals surface area contributed by atoms with Crippen LogP contribution in [-0.2, 0) is 0 Å². The number of hydrogen-bond acceptors (Lipinski definition) is 3. The van der Waals surface area contributed by atoms with E-state index in [-0.39, 0.29) is 0 Å². The number of hydrogen-bond donors (Lipinski definition) is 1. The van der Waals surface area contributed by atoms with E-state index >= 15 is 0 Å². The number of aromatic nitrogens is 3. The number of nitrogens with two attached hydrogens (primary N) is 1. The second-order valence-corrected chi connectivity index (χ2v) is 6.38. The van der Waals surface area contributed by atoms with Crippen LogP contribution >= 0.6 is 31.9 Å². The molecular formula is C14H12Br2N4. The minimum atomic E-state index is 0.630. The Morgan fingerprint density at radius 2 is 1.85 bits per heavy atom. The third kappa shape index (κ3) is 2.13. The Morgan fingerprint density at radius 1 is 1.10 bits per heavy atom. The predicted molar refractivity (Wildman–Crippen MR) is 88.2 cm³/mol. The highest BCUT2D eigenvalue weighted by Crippen LogP contribution is 2.34. The summed E-state index contributed by atoms with van der Waals surface area (Å²) < 4.78 is 1.57. The summed E-state index contributed by atoms with van der Waals surface area (Å²) in [5.74, 6) is 0. The fourth-order valence-corrected chi connectivity index (χ4v) is 3.22. The molecule has 4 nitrogen and oxygen atoms in total. The van der Waals surface area contributed by atoms with E-state index in [4.69, 9.17) is 5.73 Å². The molecule has 2 aromatic carbocycles. The normalized spacial score (nSPS) is 11.2. The molecule has 3 aromatic rings. The van der Waals surface area contributed by atoms with E-state index in [9.17, 15) is 0 Å². The summed E-state index contributed by atoms with van der Waals surface area (Å²) in [7, 11) is 0. The molecule has 0 atom stereocenters. The van der Waals surface area contributed by atoms with Crippen molar-refractivity contribution in [2.75, 3.05) is 5.73 Å². The van der Waals surface area contributed by atoms with Gasteiger partial charge in [0.1, 0.15) is 11.0 Å². The topological polar surface area (TPSA) is 56.7 Å². The molecule has 20 heavy (non-hydrogen) atoms. The first-order valence-electron chi connectivity index (χ1n) is 6.05. The molecule has 0 radical (unpaired) electrons. The second kappa shape index (κ2) is 4.86. The third-order valence-corrected chi connectivity index (χ3v) is 4.64. The first kappa shape index (κ1) is 13.6. The standard InChI is InChI=1S/C14H12Br2N4/c1-7-3-4-8(2)11(5-7)20-18-10-6-9(15)13(17)12(16)14(10)19-20/h3-6H,17H2,1-2H3. The van der Waals surface area contributed by atoms with Gasteiger partial charge in [-0.05, 0) is 69.0 Å². The molecule has 0 unspecified atom stereocenters. The Kier molecular flexibility index (Phi) is 3.30. The molecule has 1 aromatic heterocycles. The number of nitrogens with zero attached hydrogens (tertiary/aromatic N) is 3. The van der Waals surface area contributed by atoms with E-state index in [0.717, 1.165) is 31.2 Å². The highest BCUT2D eigenvalue weighted by molar-refractivity contribution is 9.11. The smallest absolute Gasteiger partial charge is 0.130 e. The van der Waals surface area contributed by atoms with Gasteiger partial charge in [-0.25, -0.2) is 0 Å². The summed E-state index contributed by atoms with van der Waals surface area (Å²) in [6.07, 6.45) is 0. The Balaban J connectivity index is 2.28. The summed E-state index contributed by atoms with van der Waals surface area (Å²) in [4.78, 5) is 1.66. The van der Waals surface area contributed by atoms with Gasteiger partial charge in [-0.1, -0.05) is 12.1 Å². The van der Waals surface area contributed by atoms with Gasteiger partial charge in [-0.3, -0.25) is 0 Å². The van der Waals surface area contributed by atoms with Crippen molar-refractivity contribution >= 4 is 48.6 Å². The van der Waals surface area contributed by atoms with E-state index in [2.05, 4.69) is 67.2 Å². The summed E-state index contributed by atoms with van der Waals surface area (Å²) in [6, 6.07) is 8.09. The quantitative estimate of drug-likeness (QED) is 0.629. The van der Waals surface area contributed by atoms with Gasteiger partial charge in [0, 0.05) is 4.47 Å². The summed E-state index contributed by atoms with van der Waals surface area (Å²) in [5, 5.41) is 9.08. The van der Waals surface area contributed by atoms with Crippen LogP contribution in [0.5, 0.6) is 0 Å². The minimum Gasteiger partial charge on any atom is -0.397 e. The minimum absolute atomic E-state index is 0.630. The number of benzene rings is 2. The molecule has 0 bridgehead atoms. The maximum atomic E-state index is 5.98. The van der Waals surface area contributed by atoms with Crippen LogP contribution in [0, 0.1) is 13.8 Å². The molecule has 0 aliphatic carbocycles. The molecule has 0 aliphatic heterocycles. The zero-order valence-corrected chi connectivity index (χ0v) is 14.2. The van der Waals surface area contributed by atoms with Gasteiger partial charge < -0.3 is 5.73 Å². The number of nitrogen functional groups attached to an aromatic ring is 1. The lowest BCUT2D eigenvalue weighted by atomic mass is 10.1. The maximum Gasteiger partial charge on any atom is 0.130 e. The van der Waals surface area contributed by atoms with Gasteiger partial charge in [-0.15, -0.1) is 10.2 Å². The average Bonchev–Trinajstić information content (AvgIpc) is 2.83. The van der Waals surface area contributed by atoms with E-state index in [1.807, 2.05) is 13.0 Å². The lowest BCUT2D eigenvalue weighted by Crippen LogP contribution is -2.01. The van der Waals surface area contributed by atoms with Gasteiger partial charge in [0.2, 0.25) is 0 Å².